The zero-order valence-electron chi connectivity index (χ0n) is 17.5. The Kier molecular flexibility index (Phi) is 6.74. The van der Waals surface area contributed by atoms with Gasteiger partial charge in [0.25, 0.3) is 5.91 Å². The van der Waals surface area contributed by atoms with Crippen molar-refractivity contribution < 1.29 is 22.8 Å². The summed E-state index contributed by atoms with van der Waals surface area (Å²) in [6.07, 6.45) is 1.71. The molecule has 3 amide bonds. The van der Waals surface area contributed by atoms with Crippen LogP contribution in [-0.4, -0.2) is 68.4 Å². The zero-order chi connectivity index (χ0) is 22.6. The highest BCUT2D eigenvalue weighted by molar-refractivity contribution is 7.90. The molecule has 164 valence electrons. The van der Waals surface area contributed by atoms with E-state index in [4.69, 9.17) is 0 Å². The van der Waals surface area contributed by atoms with Gasteiger partial charge >= 0.3 is 6.03 Å². The van der Waals surface area contributed by atoms with Crippen molar-refractivity contribution in [2.45, 2.75) is 18.2 Å². The maximum atomic E-state index is 12.9. The SMILES string of the molecule is CC(=O)c1ccc(NC(=O)N2CCCN(C(=O)c3cccc(S(C)(=O)=O)c3)CC2)cc1. The lowest BCUT2D eigenvalue weighted by atomic mass is 10.1. The minimum atomic E-state index is -3.40. The summed E-state index contributed by atoms with van der Waals surface area (Å²) in [4.78, 5) is 40.2. The molecule has 0 radical (unpaired) electrons. The molecule has 0 unspecified atom stereocenters. The first-order valence-electron chi connectivity index (χ1n) is 9.91. The summed E-state index contributed by atoms with van der Waals surface area (Å²) in [6.45, 7) is 3.15. The van der Waals surface area contributed by atoms with Crippen LogP contribution in [0.3, 0.4) is 0 Å². The maximum Gasteiger partial charge on any atom is 0.321 e. The highest BCUT2D eigenvalue weighted by Gasteiger charge is 2.23. The van der Waals surface area contributed by atoms with E-state index < -0.39 is 9.84 Å². The van der Waals surface area contributed by atoms with Crippen LogP contribution in [0.2, 0.25) is 0 Å². The molecule has 2 aromatic rings. The van der Waals surface area contributed by atoms with Crippen molar-refractivity contribution in [3.63, 3.8) is 0 Å². The molecule has 1 aliphatic rings. The maximum absolute atomic E-state index is 12.9. The van der Waals surface area contributed by atoms with E-state index in [1.54, 1.807) is 46.2 Å². The lowest BCUT2D eigenvalue weighted by Gasteiger charge is -2.22. The highest BCUT2D eigenvalue weighted by atomic mass is 32.2. The van der Waals surface area contributed by atoms with Gasteiger partial charge in [-0.2, -0.15) is 0 Å². The Hall–Kier alpha value is -3.20. The first kappa shape index (κ1) is 22.5. The third kappa shape index (κ3) is 5.69. The van der Waals surface area contributed by atoms with E-state index in [2.05, 4.69) is 5.32 Å². The summed E-state index contributed by atoms with van der Waals surface area (Å²) >= 11 is 0. The normalized spacial score (nSPS) is 14.6. The molecule has 0 aliphatic carbocycles. The summed E-state index contributed by atoms with van der Waals surface area (Å²) in [5.74, 6) is -0.301. The number of hydrogen-bond acceptors (Lipinski definition) is 5. The molecule has 0 bridgehead atoms. The predicted molar refractivity (Wildman–Crippen MR) is 117 cm³/mol. The van der Waals surface area contributed by atoms with E-state index in [1.165, 1.54) is 19.1 Å². The molecule has 1 aliphatic heterocycles. The molecule has 1 N–H and O–H groups in total. The number of nitrogens with one attached hydrogen (secondary N) is 1. The number of Topliss-reactive ketones (excluding diaryl/α,β-unsaturated/α-hetero) is 1. The number of sulfone groups is 1. The molecule has 8 nitrogen and oxygen atoms in total. The van der Waals surface area contributed by atoms with Gasteiger partial charge in [-0.3, -0.25) is 9.59 Å². The van der Waals surface area contributed by atoms with E-state index in [1.807, 2.05) is 0 Å². The lowest BCUT2D eigenvalue weighted by molar-refractivity contribution is 0.0762. The Morgan fingerprint density at radius 1 is 0.871 bits per heavy atom. The number of hydrogen-bond donors (Lipinski definition) is 1. The molecule has 0 spiro atoms. The number of rotatable bonds is 4. The van der Waals surface area contributed by atoms with Gasteiger partial charge in [0.15, 0.2) is 15.6 Å². The topological polar surface area (TPSA) is 104 Å². The minimum Gasteiger partial charge on any atom is -0.337 e. The fraction of sp³-hybridized carbons (Fsp3) is 0.318. The van der Waals surface area contributed by atoms with Gasteiger partial charge in [-0.05, 0) is 55.8 Å². The monoisotopic (exact) mass is 443 g/mol. The number of carbonyl (C=O) groups excluding carboxylic acids is 3. The molecular weight excluding hydrogens is 418 g/mol. The Bertz CT molecular complexity index is 1100. The van der Waals surface area contributed by atoms with Crippen LogP contribution in [0.15, 0.2) is 53.4 Å². The first-order chi connectivity index (χ1) is 14.6. The van der Waals surface area contributed by atoms with Gasteiger partial charge in [0, 0.05) is 49.2 Å². The second-order valence-electron chi connectivity index (χ2n) is 7.50. The van der Waals surface area contributed by atoms with Crippen LogP contribution in [-0.2, 0) is 9.84 Å². The van der Waals surface area contributed by atoms with E-state index >= 15 is 0 Å². The van der Waals surface area contributed by atoms with Crippen molar-refractivity contribution in [2.75, 3.05) is 37.8 Å². The van der Waals surface area contributed by atoms with Crippen molar-refractivity contribution >= 4 is 33.2 Å². The van der Waals surface area contributed by atoms with E-state index in [-0.39, 0.29) is 22.6 Å². The second-order valence-corrected chi connectivity index (χ2v) is 9.51. The third-order valence-corrected chi connectivity index (χ3v) is 6.23. The third-order valence-electron chi connectivity index (χ3n) is 5.12. The number of benzene rings is 2. The molecule has 9 heteroatoms. The smallest absolute Gasteiger partial charge is 0.321 e. The van der Waals surface area contributed by atoms with Gasteiger partial charge in [-0.25, -0.2) is 13.2 Å². The molecular formula is C22H25N3O5S. The first-order valence-corrected chi connectivity index (χ1v) is 11.8. The molecule has 0 atom stereocenters. The van der Waals surface area contributed by atoms with Crippen molar-refractivity contribution in [1.82, 2.24) is 9.80 Å². The standard InChI is InChI=1S/C22H25N3O5S/c1-16(26)17-7-9-19(10-8-17)23-22(28)25-12-4-11-24(13-14-25)21(27)18-5-3-6-20(15-18)31(2,29)30/h3,5-10,15H,4,11-14H2,1-2H3,(H,23,28). The molecule has 0 saturated carbocycles. The second kappa shape index (κ2) is 9.30. The van der Waals surface area contributed by atoms with Crippen LogP contribution >= 0.6 is 0 Å². The van der Waals surface area contributed by atoms with Crippen LogP contribution in [0.1, 0.15) is 34.1 Å². The largest absolute Gasteiger partial charge is 0.337 e. The number of ketones is 1. The van der Waals surface area contributed by atoms with Crippen LogP contribution in [0.25, 0.3) is 0 Å². The number of amides is 3. The average Bonchev–Trinajstić information content (AvgIpc) is 2.99. The van der Waals surface area contributed by atoms with Crippen molar-refractivity contribution in [3.8, 4) is 0 Å². The minimum absolute atomic E-state index is 0.0442. The van der Waals surface area contributed by atoms with Gasteiger partial charge in [-0.15, -0.1) is 0 Å². The number of anilines is 1. The quantitative estimate of drug-likeness (QED) is 0.732. The van der Waals surface area contributed by atoms with E-state index in [0.29, 0.717) is 49.4 Å². The summed E-state index contributed by atoms with van der Waals surface area (Å²) in [6, 6.07) is 12.4. The van der Waals surface area contributed by atoms with Crippen LogP contribution < -0.4 is 5.32 Å². The van der Waals surface area contributed by atoms with Crippen molar-refractivity contribution in [2.24, 2.45) is 0 Å². The molecule has 31 heavy (non-hydrogen) atoms. The van der Waals surface area contributed by atoms with E-state index in [0.717, 1.165) is 6.26 Å². The van der Waals surface area contributed by atoms with Gasteiger partial charge in [0.1, 0.15) is 0 Å². The average molecular weight is 444 g/mol. The molecule has 1 heterocycles. The Morgan fingerprint density at radius 3 is 2.16 bits per heavy atom. The fourth-order valence-electron chi connectivity index (χ4n) is 3.36. The molecule has 1 saturated heterocycles. The summed E-state index contributed by atoms with van der Waals surface area (Å²) in [7, 11) is -3.40. The van der Waals surface area contributed by atoms with Gasteiger partial charge in [-0.1, -0.05) is 6.07 Å². The van der Waals surface area contributed by atoms with Gasteiger partial charge in [0.2, 0.25) is 0 Å². The number of carbonyl (C=O) groups is 3. The van der Waals surface area contributed by atoms with Crippen molar-refractivity contribution in [1.29, 1.82) is 0 Å². The predicted octanol–water partition coefficient (Wildman–Crippen LogP) is 2.67. The molecule has 1 fully saturated rings. The fourth-order valence-corrected chi connectivity index (χ4v) is 4.02. The summed E-state index contributed by atoms with van der Waals surface area (Å²) < 4.78 is 23.5. The lowest BCUT2D eigenvalue weighted by Crippen LogP contribution is -2.39. The number of nitrogens with zero attached hydrogens (tertiary/aromatic N) is 2. The summed E-state index contributed by atoms with van der Waals surface area (Å²) in [5.41, 5.74) is 1.47. The van der Waals surface area contributed by atoms with Crippen LogP contribution in [0, 0.1) is 0 Å². The molecule has 3 rings (SSSR count). The van der Waals surface area contributed by atoms with Gasteiger partial charge in [0.05, 0.1) is 4.90 Å². The number of urea groups is 1. The van der Waals surface area contributed by atoms with Gasteiger partial charge < -0.3 is 15.1 Å². The Labute approximate surface area is 181 Å². The van der Waals surface area contributed by atoms with E-state index in [9.17, 15) is 22.8 Å². The Balaban J connectivity index is 1.62. The highest BCUT2D eigenvalue weighted by Crippen LogP contribution is 2.16. The molecule has 0 aromatic heterocycles. The van der Waals surface area contributed by atoms with Crippen LogP contribution in [0.4, 0.5) is 10.5 Å². The van der Waals surface area contributed by atoms with Crippen molar-refractivity contribution in [3.05, 3.63) is 59.7 Å². The Morgan fingerprint density at radius 2 is 1.52 bits per heavy atom. The zero-order valence-corrected chi connectivity index (χ0v) is 18.3. The molecule has 2 aromatic carbocycles. The van der Waals surface area contributed by atoms with Crippen LogP contribution in [0.5, 0.6) is 0 Å². The summed E-state index contributed by atoms with van der Waals surface area (Å²) in [5, 5.41) is 2.81.